The van der Waals surface area contributed by atoms with Crippen molar-refractivity contribution < 1.29 is 28.6 Å². The van der Waals surface area contributed by atoms with Crippen LogP contribution in [-0.4, -0.2) is 37.2 Å². The summed E-state index contributed by atoms with van der Waals surface area (Å²) in [6.07, 6.45) is 86.9. The summed E-state index contributed by atoms with van der Waals surface area (Å²) in [7, 11) is 0. The first kappa shape index (κ1) is 76.1. The molecule has 1 atom stereocenters. The van der Waals surface area contributed by atoms with Crippen LogP contribution in [0.1, 0.15) is 367 Å². The van der Waals surface area contributed by atoms with E-state index in [2.05, 4.69) is 81.5 Å². The smallest absolute Gasteiger partial charge is 0.306 e. The molecule has 0 radical (unpaired) electrons. The van der Waals surface area contributed by atoms with Crippen LogP contribution >= 0.6 is 0 Å². The van der Waals surface area contributed by atoms with E-state index in [0.29, 0.717) is 19.3 Å². The van der Waals surface area contributed by atoms with Crippen molar-refractivity contribution in [1.82, 2.24) is 0 Å². The van der Waals surface area contributed by atoms with Gasteiger partial charge in [-0.05, 0) is 83.5 Å². The molecule has 0 aromatic rings. The number of carbonyl (C=O) groups excluding carboxylic acids is 3. The third-order valence-electron chi connectivity index (χ3n) is 15.5. The molecule has 0 heterocycles. The van der Waals surface area contributed by atoms with Crippen molar-refractivity contribution in [3.63, 3.8) is 0 Å². The number of hydrogen-bond acceptors (Lipinski definition) is 6. The fourth-order valence-corrected chi connectivity index (χ4v) is 10.3. The zero-order valence-electron chi connectivity index (χ0n) is 52.9. The number of hydrogen-bond donors (Lipinski definition) is 0. The Labute approximate surface area is 491 Å². The van der Waals surface area contributed by atoms with E-state index in [1.54, 1.807) is 0 Å². The highest BCUT2D eigenvalue weighted by molar-refractivity contribution is 5.71. The average Bonchev–Trinajstić information content (AvgIpc) is 3.45. The Morgan fingerprint density at radius 2 is 0.494 bits per heavy atom. The lowest BCUT2D eigenvalue weighted by molar-refractivity contribution is -0.167. The van der Waals surface area contributed by atoms with Gasteiger partial charge in [-0.25, -0.2) is 0 Å². The van der Waals surface area contributed by atoms with Gasteiger partial charge in [-0.3, -0.25) is 14.4 Å². The molecule has 0 aromatic carbocycles. The molecule has 0 bridgehead atoms. The lowest BCUT2D eigenvalue weighted by atomic mass is 10.0. The van der Waals surface area contributed by atoms with Crippen molar-refractivity contribution in [2.45, 2.75) is 374 Å². The van der Waals surface area contributed by atoms with Crippen LogP contribution in [0.4, 0.5) is 0 Å². The molecular formula is C73H132O6. The van der Waals surface area contributed by atoms with Gasteiger partial charge in [0.2, 0.25) is 0 Å². The second-order valence-electron chi connectivity index (χ2n) is 23.4. The van der Waals surface area contributed by atoms with Gasteiger partial charge < -0.3 is 14.2 Å². The molecule has 0 aliphatic carbocycles. The molecule has 0 aliphatic heterocycles. The third-order valence-corrected chi connectivity index (χ3v) is 15.5. The molecule has 0 amide bonds. The predicted molar refractivity (Wildman–Crippen MR) is 344 cm³/mol. The van der Waals surface area contributed by atoms with Crippen molar-refractivity contribution >= 4 is 17.9 Å². The molecule has 0 aromatic heterocycles. The monoisotopic (exact) mass is 1110 g/mol. The first-order valence-corrected chi connectivity index (χ1v) is 34.8. The van der Waals surface area contributed by atoms with Crippen LogP contribution in [0.5, 0.6) is 0 Å². The predicted octanol–water partition coefficient (Wildman–Crippen LogP) is 23.9. The van der Waals surface area contributed by atoms with Gasteiger partial charge in [-0.1, -0.05) is 326 Å². The summed E-state index contributed by atoms with van der Waals surface area (Å²) < 4.78 is 16.9. The minimum Gasteiger partial charge on any atom is -0.462 e. The van der Waals surface area contributed by atoms with E-state index in [4.69, 9.17) is 14.2 Å². The highest BCUT2D eigenvalue weighted by Gasteiger charge is 2.19. The molecule has 0 spiro atoms. The van der Waals surface area contributed by atoms with Crippen LogP contribution in [0, 0.1) is 0 Å². The van der Waals surface area contributed by atoms with E-state index in [1.165, 1.54) is 238 Å². The van der Waals surface area contributed by atoms with Gasteiger partial charge in [-0.2, -0.15) is 0 Å². The summed E-state index contributed by atoms with van der Waals surface area (Å²) in [5.41, 5.74) is 0. The fourth-order valence-electron chi connectivity index (χ4n) is 10.3. The Morgan fingerprint density at radius 3 is 0.785 bits per heavy atom. The van der Waals surface area contributed by atoms with Crippen molar-refractivity contribution in [3.05, 3.63) is 60.8 Å². The number of esters is 3. The van der Waals surface area contributed by atoms with E-state index < -0.39 is 6.10 Å². The topological polar surface area (TPSA) is 78.9 Å². The van der Waals surface area contributed by atoms with Gasteiger partial charge in [0.05, 0.1) is 0 Å². The second-order valence-corrected chi connectivity index (χ2v) is 23.4. The zero-order valence-corrected chi connectivity index (χ0v) is 52.9. The van der Waals surface area contributed by atoms with Gasteiger partial charge in [-0.15, -0.1) is 0 Å². The molecule has 0 saturated carbocycles. The molecule has 0 rings (SSSR count). The highest BCUT2D eigenvalue weighted by atomic mass is 16.6. The standard InChI is InChI=1S/C73H132O6/c1-4-7-10-13-16-19-22-25-27-29-30-31-32-33-34-35-36-37-38-39-40-41-42-44-45-48-51-54-57-60-63-66-72(75)78-69-70(68-77-71(74)65-62-59-56-53-50-47-24-21-18-15-12-9-6-3)79-73(76)67-64-61-58-55-52-49-46-43-28-26-23-20-17-14-11-8-5-2/h9,12,18,21-22,25,29-30,47,50,70H,4-8,10-11,13-17,19-20,23-24,26-28,31-46,48-49,51-69H2,1-3H3/b12-9-,21-18-,25-22-,30-29-,50-47-. The van der Waals surface area contributed by atoms with Gasteiger partial charge in [0, 0.05) is 19.3 Å². The summed E-state index contributed by atoms with van der Waals surface area (Å²) in [6.45, 7) is 6.55. The molecule has 1 unspecified atom stereocenters. The molecule has 0 fully saturated rings. The van der Waals surface area contributed by atoms with Crippen molar-refractivity contribution in [1.29, 1.82) is 0 Å². The van der Waals surface area contributed by atoms with Crippen LogP contribution in [0.3, 0.4) is 0 Å². The maximum Gasteiger partial charge on any atom is 0.306 e. The van der Waals surface area contributed by atoms with E-state index in [-0.39, 0.29) is 31.1 Å². The van der Waals surface area contributed by atoms with E-state index in [9.17, 15) is 14.4 Å². The Balaban J connectivity index is 4.16. The molecule has 0 saturated heterocycles. The van der Waals surface area contributed by atoms with Crippen molar-refractivity contribution in [2.75, 3.05) is 13.2 Å². The summed E-state index contributed by atoms with van der Waals surface area (Å²) in [6, 6.07) is 0. The molecule has 79 heavy (non-hydrogen) atoms. The number of rotatable bonds is 64. The lowest BCUT2D eigenvalue weighted by Gasteiger charge is -2.18. The number of ether oxygens (including phenoxy) is 3. The minimum atomic E-state index is -0.784. The maximum absolute atomic E-state index is 12.9. The first-order chi connectivity index (χ1) is 39.0. The largest absolute Gasteiger partial charge is 0.462 e. The van der Waals surface area contributed by atoms with E-state index >= 15 is 0 Å². The van der Waals surface area contributed by atoms with Gasteiger partial charge >= 0.3 is 17.9 Å². The third kappa shape index (κ3) is 65.8. The normalized spacial score (nSPS) is 12.4. The molecular weight excluding hydrogens is 973 g/mol. The fraction of sp³-hybridized carbons (Fsp3) is 0.822. The second kappa shape index (κ2) is 67.6. The summed E-state index contributed by atoms with van der Waals surface area (Å²) in [4.78, 5) is 38.3. The quantitative estimate of drug-likeness (QED) is 0.0261. The summed E-state index contributed by atoms with van der Waals surface area (Å²) in [5.74, 6) is -0.886. The van der Waals surface area contributed by atoms with Crippen molar-refractivity contribution in [3.8, 4) is 0 Å². The average molecular weight is 1110 g/mol. The van der Waals surface area contributed by atoms with Crippen LogP contribution in [0.25, 0.3) is 0 Å². The Hall–Kier alpha value is -2.89. The van der Waals surface area contributed by atoms with Gasteiger partial charge in [0.1, 0.15) is 13.2 Å². The Bertz CT molecular complexity index is 1410. The molecule has 6 heteroatoms. The molecule has 6 nitrogen and oxygen atoms in total. The lowest BCUT2D eigenvalue weighted by Crippen LogP contribution is -2.30. The number of carbonyl (C=O) groups is 3. The SMILES string of the molecule is CC/C=C\C/C=C\C/C=C\CCCCCC(=O)OCC(COC(=O)CCCCCCCCCCCCCCCCCCCCC/C=C\C/C=C\CCCCCCC)OC(=O)CCCCCCCCCCCCCCCCCCC. The van der Waals surface area contributed by atoms with E-state index in [1.807, 2.05) is 0 Å². The van der Waals surface area contributed by atoms with Crippen molar-refractivity contribution in [2.24, 2.45) is 0 Å². The Morgan fingerprint density at radius 1 is 0.266 bits per heavy atom. The van der Waals surface area contributed by atoms with E-state index in [0.717, 1.165) is 89.9 Å². The van der Waals surface area contributed by atoms with Gasteiger partial charge in [0.15, 0.2) is 6.10 Å². The van der Waals surface area contributed by atoms with Gasteiger partial charge in [0.25, 0.3) is 0 Å². The summed E-state index contributed by atoms with van der Waals surface area (Å²) in [5, 5.41) is 0. The molecule has 460 valence electrons. The number of unbranched alkanes of at least 4 members (excludes halogenated alkanes) is 43. The van der Waals surface area contributed by atoms with Crippen LogP contribution < -0.4 is 0 Å². The minimum absolute atomic E-state index is 0.0787. The summed E-state index contributed by atoms with van der Waals surface area (Å²) >= 11 is 0. The molecule has 0 N–H and O–H groups in total. The van der Waals surface area contributed by atoms with Crippen LogP contribution in [0.2, 0.25) is 0 Å². The zero-order chi connectivity index (χ0) is 57.1. The molecule has 0 aliphatic rings. The maximum atomic E-state index is 12.9. The Kier molecular flexibility index (Phi) is 65.1. The highest BCUT2D eigenvalue weighted by Crippen LogP contribution is 2.18. The van der Waals surface area contributed by atoms with Crippen LogP contribution in [-0.2, 0) is 28.6 Å². The van der Waals surface area contributed by atoms with Crippen LogP contribution in [0.15, 0.2) is 60.8 Å². The number of allylic oxidation sites excluding steroid dienone is 10. The first-order valence-electron chi connectivity index (χ1n) is 34.8.